The molecule has 0 aromatic carbocycles. The van der Waals surface area contributed by atoms with Crippen LogP contribution in [0.15, 0.2) is 17.5 Å². The summed E-state index contributed by atoms with van der Waals surface area (Å²) in [6.45, 7) is 0.975. The zero-order valence-electron chi connectivity index (χ0n) is 12.1. The van der Waals surface area contributed by atoms with E-state index in [0.29, 0.717) is 19.5 Å². The van der Waals surface area contributed by atoms with Crippen molar-refractivity contribution in [1.82, 2.24) is 9.80 Å². The average molecular weight is 308 g/mol. The van der Waals surface area contributed by atoms with Crippen molar-refractivity contribution in [3.8, 4) is 0 Å². The van der Waals surface area contributed by atoms with Crippen LogP contribution in [0.3, 0.4) is 0 Å². The number of rotatable bonds is 5. The summed E-state index contributed by atoms with van der Waals surface area (Å²) in [6, 6.07) is 4.33. The van der Waals surface area contributed by atoms with E-state index >= 15 is 0 Å². The van der Waals surface area contributed by atoms with Crippen LogP contribution in [0.2, 0.25) is 0 Å². The summed E-state index contributed by atoms with van der Waals surface area (Å²) in [4.78, 5) is 28.6. The maximum absolute atomic E-state index is 12.4. The predicted molar refractivity (Wildman–Crippen MR) is 80.1 cm³/mol. The van der Waals surface area contributed by atoms with Gasteiger partial charge in [-0.15, -0.1) is 11.3 Å². The van der Waals surface area contributed by atoms with Crippen molar-refractivity contribution < 1.29 is 14.7 Å². The number of fused-ring (bicyclic) bond motifs is 2. The standard InChI is InChI=1S/C15H20N2O3S/c1-16(8-11-3-2-6-21-11)14(18)9-17-10-4-5-13(17)12(7-10)15(19)20/h2-3,6,10,12-13H,4-5,7-9H2,1H3,(H,19,20). The van der Waals surface area contributed by atoms with Crippen LogP contribution < -0.4 is 0 Å². The van der Waals surface area contributed by atoms with E-state index in [0.717, 1.165) is 12.8 Å². The molecule has 6 heteroatoms. The van der Waals surface area contributed by atoms with Gasteiger partial charge in [-0.3, -0.25) is 14.5 Å². The summed E-state index contributed by atoms with van der Waals surface area (Å²) >= 11 is 1.64. The molecule has 114 valence electrons. The molecule has 0 spiro atoms. The van der Waals surface area contributed by atoms with Crippen LogP contribution in [-0.2, 0) is 16.1 Å². The van der Waals surface area contributed by atoms with Crippen molar-refractivity contribution in [2.75, 3.05) is 13.6 Å². The van der Waals surface area contributed by atoms with Gasteiger partial charge in [0, 0.05) is 24.0 Å². The van der Waals surface area contributed by atoms with Gasteiger partial charge < -0.3 is 10.0 Å². The highest BCUT2D eigenvalue weighted by atomic mass is 32.1. The second-order valence-corrected chi connectivity index (χ2v) is 7.01. The number of hydrogen-bond acceptors (Lipinski definition) is 4. The Labute approximate surface area is 128 Å². The Morgan fingerprint density at radius 3 is 2.90 bits per heavy atom. The van der Waals surface area contributed by atoms with Crippen LogP contribution in [-0.4, -0.2) is 52.5 Å². The van der Waals surface area contributed by atoms with Crippen LogP contribution in [0, 0.1) is 5.92 Å². The van der Waals surface area contributed by atoms with Gasteiger partial charge in [-0.1, -0.05) is 6.07 Å². The Hall–Kier alpha value is -1.40. The quantitative estimate of drug-likeness (QED) is 0.898. The smallest absolute Gasteiger partial charge is 0.308 e. The lowest BCUT2D eigenvalue weighted by Gasteiger charge is -2.25. The number of carbonyl (C=O) groups excluding carboxylic acids is 1. The SMILES string of the molecule is CN(Cc1cccs1)C(=O)CN1C2CCC1C(C(=O)O)C2. The Kier molecular flexibility index (Phi) is 3.99. The number of amides is 1. The number of thiophene rings is 1. The van der Waals surface area contributed by atoms with Crippen LogP contribution in [0.25, 0.3) is 0 Å². The molecule has 2 aliphatic heterocycles. The van der Waals surface area contributed by atoms with Gasteiger partial charge in [0.2, 0.25) is 5.91 Å². The van der Waals surface area contributed by atoms with Gasteiger partial charge in [-0.2, -0.15) is 0 Å². The number of nitrogens with zero attached hydrogens (tertiary/aromatic N) is 2. The highest BCUT2D eigenvalue weighted by Crippen LogP contribution is 2.41. The molecule has 2 saturated heterocycles. The normalized spacial score (nSPS) is 28.0. The third kappa shape index (κ3) is 2.82. The van der Waals surface area contributed by atoms with Crippen molar-refractivity contribution in [2.45, 2.75) is 37.9 Å². The van der Waals surface area contributed by atoms with E-state index in [2.05, 4.69) is 4.90 Å². The first-order valence-corrected chi connectivity index (χ1v) is 8.19. The molecule has 2 aliphatic rings. The molecule has 1 aromatic heterocycles. The largest absolute Gasteiger partial charge is 0.481 e. The lowest BCUT2D eigenvalue weighted by atomic mass is 9.89. The summed E-state index contributed by atoms with van der Waals surface area (Å²) < 4.78 is 0. The van der Waals surface area contributed by atoms with Gasteiger partial charge >= 0.3 is 5.97 Å². The maximum Gasteiger partial charge on any atom is 0.308 e. The first-order chi connectivity index (χ1) is 10.1. The molecule has 5 nitrogen and oxygen atoms in total. The molecule has 2 bridgehead atoms. The Bertz CT molecular complexity index is 531. The number of likely N-dealkylation sites (N-methyl/N-ethyl adjacent to an activating group) is 1. The lowest BCUT2D eigenvalue weighted by Crippen LogP contribution is -2.41. The third-order valence-electron chi connectivity index (χ3n) is 4.72. The van der Waals surface area contributed by atoms with Crippen LogP contribution in [0.1, 0.15) is 24.1 Å². The molecule has 21 heavy (non-hydrogen) atoms. The molecule has 3 rings (SSSR count). The molecule has 1 aromatic rings. The first-order valence-electron chi connectivity index (χ1n) is 7.31. The second-order valence-electron chi connectivity index (χ2n) is 5.98. The summed E-state index contributed by atoms with van der Waals surface area (Å²) in [7, 11) is 1.81. The van der Waals surface area contributed by atoms with E-state index in [1.807, 2.05) is 24.6 Å². The number of aliphatic carboxylic acids is 1. The zero-order valence-corrected chi connectivity index (χ0v) is 12.9. The molecule has 3 heterocycles. The van der Waals surface area contributed by atoms with Crippen LogP contribution >= 0.6 is 11.3 Å². The fourth-order valence-corrected chi connectivity index (χ4v) is 4.37. The molecule has 1 N–H and O–H groups in total. The monoisotopic (exact) mass is 308 g/mol. The van der Waals surface area contributed by atoms with Crippen molar-refractivity contribution in [3.05, 3.63) is 22.4 Å². The minimum absolute atomic E-state index is 0.0478. The molecule has 2 fully saturated rings. The number of hydrogen-bond donors (Lipinski definition) is 1. The van der Waals surface area contributed by atoms with Crippen LogP contribution in [0.4, 0.5) is 0 Å². The molecule has 0 saturated carbocycles. The van der Waals surface area contributed by atoms with Crippen molar-refractivity contribution in [1.29, 1.82) is 0 Å². The molecule has 0 aliphatic carbocycles. The predicted octanol–water partition coefficient (Wildman–Crippen LogP) is 1.64. The summed E-state index contributed by atoms with van der Waals surface area (Å²) in [5, 5.41) is 11.3. The van der Waals surface area contributed by atoms with E-state index in [1.54, 1.807) is 16.2 Å². The number of carboxylic acids is 1. The van der Waals surface area contributed by atoms with E-state index < -0.39 is 5.97 Å². The summed E-state index contributed by atoms with van der Waals surface area (Å²) in [5.41, 5.74) is 0. The summed E-state index contributed by atoms with van der Waals surface area (Å²) in [6.07, 6.45) is 2.63. The van der Waals surface area contributed by atoms with Crippen LogP contribution in [0.5, 0.6) is 0 Å². The van der Waals surface area contributed by atoms with Crippen molar-refractivity contribution >= 4 is 23.2 Å². The van der Waals surface area contributed by atoms with Gasteiger partial charge in [0.05, 0.1) is 19.0 Å². The topological polar surface area (TPSA) is 60.9 Å². The molecular weight excluding hydrogens is 288 g/mol. The zero-order chi connectivity index (χ0) is 15.0. The summed E-state index contributed by atoms with van der Waals surface area (Å²) in [5.74, 6) is -0.933. The molecule has 0 radical (unpaired) electrons. The molecule has 3 atom stereocenters. The fourth-order valence-electron chi connectivity index (χ4n) is 3.61. The van der Waals surface area contributed by atoms with Gasteiger partial charge in [-0.25, -0.2) is 0 Å². The maximum atomic E-state index is 12.4. The molecular formula is C15H20N2O3S. The first kappa shape index (κ1) is 14.5. The van der Waals surface area contributed by atoms with Gasteiger partial charge in [0.25, 0.3) is 0 Å². The van der Waals surface area contributed by atoms with E-state index in [1.165, 1.54) is 4.88 Å². The van der Waals surface area contributed by atoms with Gasteiger partial charge in [-0.05, 0) is 30.7 Å². The second kappa shape index (κ2) is 5.77. The lowest BCUT2D eigenvalue weighted by molar-refractivity contribution is -0.143. The Balaban J connectivity index is 1.59. The van der Waals surface area contributed by atoms with Crippen molar-refractivity contribution in [2.24, 2.45) is 5.92 Å². The van der Waals surface area contributed by atoms with Gasteiger partial charge in [0.1, 0.15) is 0 Å². The number of carboxylic acid groups (broad SMARTS) is 1. The molecule has 3 unspecified atom stereocenters. The highest BCUT2D eigenvalue weighted by Gasteiger charge is 2.49. The minimum atomic E-state index is -0.716. The van der Waals surface area contributed by atoms with E-state index in [9.17, 15) is 14.7 Å². The van der Waals surface area contributed by atoms with E-state index in [4.69, 9.17) is 0 Å². The average Bonchev–Trinajstić information content (AvgIpc) is 3.15. The Morgan fingerprint density at radius 2 is 2.29 bits per heavy atom. The molecule has 1 amide bonds. The van der Waals surface area contributed by atoms with Crippen molar-refractivity contribution in [3.63, 3.8) is 0 Å². The third-order valence-corrected chi connectivity index (χ3v) is 5.58. The fraction of sp³-hybridized carbons (Fsp3) is 0.600. The van der Waals surface area contributed by atoms with E-state index in [-0.39, 0.29) is 23.9 Å². The highest BCUT2D eigenvalue weighted by molar-refractivity contribution is 7.09. The van der Waals surface area contributed by atoms with Gasteiger partial charge in [0.15, 0.2) is 0 Å². The Morgan fingerprint density at radius 1 is 1.48 bits per heavy atom. The minimum Gasteiger partial charge on any atom is -0.481 e. The number of carbonyl (C=O) groups is 2.